The molecule has 0 saturated heterocycles. The van der Waals surface area contributed by atoms with E-state index in [1.54, 1.807) is 31.2 Å². The molecule has 0 fully saturated rings. The normalized spacial score (nSPS) is 14.4. The number of aliphatic hydroxyl groups is 1. The van der Waals surface area contributed by atoms with Crippen LogP contribution in [0.3, 0.4) is 0 Å². The third-order valence-electron chi connectivity index (χ3n) is 2.21. The third-order valence-corrected chi connectivity index (χ3v) is 2.21. The molecule has 1 rings (SSSR count). The molecule has 0 unspecified atom stereocenters. The Morgan fingerprint density at radius 3 is 2.73 bits per heavy atom. The molecule has 4 nitrogen and oxygen atoms in total. The molecule has 0 heterocycles. The van der Waals surface area contributed by atoms with Crippen LogP contribution in [0.25, 0.3) is 0 Å². The summed E-state index contributed by atoms with van der Waals surface area (Å²) in [7, 11) is 1.32. The van der Waals surface area contributed by atoms with Gasteiger partial charge in [-0.2, -0.15) is 0 Å². The second kappa shape index (κ2) is 4.91. The van der Waals surface area contributed by atoms with Gasteiger partial charge in [0.2, 0.25) is 0 Å². The predicted octanol–water partition coefficient (Wildman–Crippen LogP) is 0.854. The predicted molar refractivity (Wildman–Crippen MR) is 56.4 cm³/mol. The van der Waals surface area contributed by atoms with Crippen LogP contribution in [0.2, 0.25) is 0 Å². The minimum absolute atomic E-state index is 0.408. The van der Waals surface area contributed by atoms with Crippen LogP contribution in [0.5, 0.6) is 0 Å². The molecule has 0 amide bonds. The largest absolute Gasteiger partial charge is 0.465 e. The van der Waals surface area contributed by atoms with Gasteiger partial charge in [0.05, 0.1) is 24.8 Å². The maximum absolute atomic E-state index is 11.2. The highest BCUT2D eigenvalue weighted by Crippen LogP contribution is 2.16. The first kappa shape index (κ1) is 11.7. The molecule has 4 heteroatoms. The third kappa shape index (κ3) is 2.78. The SMILES string of the molecule is COC(=O)c1cccc([C@H](N)[C@@H](C)O)c1. The van der Waals surface area contributed by atoms with Crippen LogP contribution in [0, 0.1) is 0 Å². The number of methoxy groups -OCH3 is 1. The molecular weight excluding hydrogens is 194 g/mol. The van der Waals surface area contributed by atoms with Gasteiger partial charge in [0.15, 0.2) is 0 Å². The number of hydrogen-bond acceptors (Lipinski definition) is 4. The zero-order chi connectivity index (χ0) is 11.4. The van der Waals surface area contributed by atoms with Gasteiger partial charge in [-0.15, -0.1) is 0 Å². The first-order chi connectivity index (χ1) is 7.06. The molecule has 3 N–H and O–H groups in total. The standard InChI is InChI=1S/C11H15NO3/c1-7(13)10(12)8-4-3-5-9(6-8)11(14)15-2/h3-7,10,13H,12H2,1-2H3/t7-,10-/m1/s1. The van der Waals surface area contributed by atoms with E-state index in [1.807, 2.05) is 0 Å². The molecule has 0 aliphatic heterocycles. The van der Waals surface area contributed by atoms with Crippen molar-refractivity contribution in [1.82, 2.24) is 0 Å². The van der Waals surface area contributed by atoms with Crippen LogP contribution in [-0.4, -0.2) is 24.3 Å². The molecule has 0 bridgehead atoms. The highest BCUT2D eigenvalue weighted by molar-refractivity contribution is 5.89. The summed E-state index contributed by atoms with van der Waals surface area (Å²) in [6.07, 6.45) is -0.655. The van der Waals surface area contributed by atoms with Crippen LogP contribution in [0.15, 0.2) is 24.3 Å². The molecular formula is C11H15NO3. The lowest BCUT2D eigenvalue weighted by Gasteiger charge is -2.15. The Bertz CT molecular complexity index is 349. The maximum Gasteiger partial charge on any atom is 0.337 e. The van der Waals surface area contributed by atoms with Crippen LogP contribution >= 0.6 is 0 Å². The average molecular weight is 209 g/mol. The number of aliphatic hydroxyl groups excluding tert-OH is 1. The van der Waals surface area contributed by atoms with Crippen LogP contribution in [0.4, 0.5) is 0 Å². The van der Waals surface area contributed by atoms with Gasteiger partial charge in [-0.05, 0) is 24.6 Å². The van der Waals surface area contributed by atoms with Crippen LogP contribution < -0.4 is 5.73 Å². The Hall–Kier alpha value is -1.39. The summed E-state index contributed by atoms with van der Waals surface area (Å²) in [6.45, 7) is 1.61. The lowest BCUT2D eigenvalue weighted by molar-refractivity contribution is 0.0600. The topological polar surface area (TPSA) is 72.5 Å². The van der Waals surface area contributed by atoms with Gasteiger partial charge >= 0.3 is 5.97 Å². The van der Waals surface area contributed by atoms with E-state index in [0.29, 0.717) is 11.1 Å². The van der Waals surface area contributed by atoms with Gasteiger partial charge in [-0.1, -0.05) is 12.1 Å². The van der Waals surface area contributed by atoms with Gasteiger partial charge < -0.3 is 15.6 Å². The van der Waals surface area contributed by atoms with Crippen molar-refractivity contribution in [1.29, 1.82) is 0 Å². The quantitative estimate of drug-likeness (QED) is 0.724. The van der Waals surface area contributed by atoms with Crippen molar-refractivity contribution in [2.45, 2.75) is 19.1 Å². The molecule has 82 valence electrons. The number of rotatable bonds is 3. The van der Waals surface area contributed by atoms with Gasteiger partial charge in [0.25, 0.3) is 0 Å². The maximum atomic E-state index is 11.2. The van der Waals surface area contributed by atoms with E-state index in [0.717, 1.165) is 0 Å². The molecule has 0 saturated carbocycles. The zero-order valence-electron chi connectivity index (χ0n) is 8.81. The van der Waals surface area contributed by atoms with Gasteiger partial charge in [0.1, 0.15) is 0 Å². The molecule has 0 aliphatic rings. The lowest BCUT2D eigenvalue weighted by atomic mass is 10.0. The summed E-state index contributed by atoms with van der Waals surface area (Å²) in [5.41, 5.74) is 6.90. The van der Waals surface area contributed by atoms with Gasteiger partial charge in [-0.3, -0.25) is 0 Å². The first-order valence-corrected chi connectivity index (χ1v) is 4.68. The Morgan fingerprint density at radius 1 is 1.53 bits per heavy atom. The second-order valence-electron chi connectivity index (χ2n) is 3.38. The van der Waals surface area contributed by atoms with Crippen molar-refractivity contribution in [2.24, 2.45) is 5.73 Å². The van der Waals surface area contributed by atoms with Crippen molar-refractivity contribution in [2.75, 3.05) is 7.11 Å². The molecule has 0 aromatic heterocycles. The molecule has 1 aromatic carbocycles. The Balaban J connectivity index is 2.97. The molecule has 0 spiro atoms. The van der Waals surface area contributed by atoms with Crippen molar-refractivity contribution >= 4 is 5.97 Å². The van der Waals surface area contributed by atoms with Crippen molar-refractivity contribution in [3.63, 3.8) is 0 Å². The van der Waals surface area contributed by atoms with Gasteiger partial charge in [-0.25, -0.2) is 4.79 Å². The smallest absolute Gasteiger partial charge is 0.337 e. The summed E-state index contributed by atoms with van der Waals surface area (Å²) >= 11 is 0. The molecule has 1 aromatic rings. The number of nitrogens with two attached hydrogens (primary N) is 1. The van der Waals surface area contributed by atoms with Crippen molar-refractivity contribution in [3.05, 3.63) is 35.4 Å². The highest BCUT2D eigenvalue weighted by Gasteiger charge is 2.14. The van der Waals surface area contributed by atoms with E-state index in [9.17, 15) is 9.90 Å². The highest BCUT2D eigenvalue weighted by atomic mass is 16.5. The number of ether oxygens (including phenoxy) is 1. The number of carbonyl (C=O) groups excluding carboxylic acids is 1. The summed E-state index contributed by atoms with van der Waals surface area (Å²) in [5, 5.41) is 9.32. The van der Waals surface area contributed by atoms with Crippen LogP contribution in [-0.2, 0) is 4.74 Å². The van der Waals surface area contributed by atoms with E-state index in [4.69, 9.17) is 5.73 Å². The van der Waals surface area contributed by atoms with Crippen LogP contribution in [0.1, 0.15) is 28.9 Å². The van der Waals surface area contributed by atoms with E-state index < -0.39 is 18.1 Å². The fourth-order valence-electron chi connectivity index (χ4n) is 1.27. The zero-order valence-corrected chi connectivity index (χ0v) is 8.81. The summed E-state index contributed by atoms with van der Waals surface area (Å²) in [5.74, 6) is -0.408. The van der Waals surface area contributed by atoms with E-state index in [1.165, 1.54) is 7.11 Å². The van der Waals surface area contributed by atoms with Crippen molar-refractivity contribution in [3.8, 4) is 0 Å². The van der Waals surface area contributed by atoms with E-state index >= 15 is 0 Å². The number of hydrogen-bond donors (Lipinski definition) is 2. The molecule has 2 atom stereocenters. The molecule has 0 radical (unpaired) electrons. The Kier molecular flexibility index (Phi) is 3.82. The Morgan fingerprint density at radius 2 is 2.20 bits per heavy atom. The Labute approximate surface area is 88.7 Å². The van der Waals surface area contributed by atoms with E-state index in [-0.39, 0.29) is 0 Å². The fraction of sp³-hybridized carbons (Fsp3) is 0.364. The summed E-state index contributed by atoms with van der Waals surface area (Å²) in [4.78, 5) is 11.2. The average Bonchev–Trinajstić information content (AvgIpc) is 2.27. The van der Waals surface area contributed by atoms with Crippen molar-refractivity contribution < 1.29 is 14.6 Å². The number of benzene rings is 1. The fourth-order valence-corrected chi connectivity index (χ4v) is 1.27. The number of carbonyl (C=O) groups is 1. The molecule has 15 heavy (non-hydrogen) atoms. The first-order valence-electron chi connectivity index (χ1n) is 4.68. The summed E-state index contributed by atoms with van der Waals surface area (Å²) in [6, 6.07) is 6.26. The van der Waals surface area contributed by atoms with E-state index in [2.05, 4.69) is 4.74 Å². The summed E-state index contributed by atoms with van der Waals surface area (Å²) < 4.78 is 4.59. The lowest BCUT2D eigenvalue weighted by Crippen LogP contribution is -2.23. The monoisotopic (exact) mass is 209 g/mol. The van der Waals surface area contributed by atoms with Gasteiger partial charge in [0, 0.05) is 0 Å². The minimum atomic E-state index is -0.655. The minimum Gasteiger partial charge on any atom is -0.465 e. The molecule has 0 aliphatic carbocycles. The second-order valence-corrected chi connectivity index (χ2v) is 3.38. The number of esters is 1.